The number of carbonyl (C=O) groups is 2. The number of nitrogens with zero attached hydrogens (tertiary/aromatic N) is 3. The highest BCUT2D eigenvalue weighted by Crippen LogP contribution is 2.33. The maximum Gasteiger partial charge on any atom is 0.307 e. The van der Waals surface area contributed by atoms with E-state index in [-0.39, 0.29) is 24.9 Å². The average molecular weight is 713 g/mol. The van der Waals surface area contributed by atoms with Crippen LogP contribution in [-0.4, -0.2) is 67.5 Å². The van der Waals surface area contributed by atoms with Crippen LogP contribution in [0.3, 0.4) is 0 Å². The number of halogens is 1. The minimum absolute atomic E-state index is 0.105. The van der Waals surface area contributed by atoms with Gasteiger partial charge in [0.15, 0.2) is 23.9 Å². The van der Waals surface area contributed by atoms with E-state index in [4.69, 9.17) is 23.4 Å². The zero-order valence-electron chi connectivity index (χ0n) is 24.7. The predicted molar refractivity (Wildman–Crippen MR) is 172 cm³/mol. The summed E-state index contributed by atoms with van der Waals surface area (Å²) in [7, 11) is 1.52. The van der Waals surface area contributed by atoms with Gasteiger partial charge >= 0.3 is 5.91 Å². The largest absolute Gasteiger partial charge is 0.493 e. The lowest BCUT2D eigenvalue weighted by atomic mass is 10.2. The van der Waals surface area contributed by atoms with Crippen LogP contribution in [0.5, 0.6) is 17.2 Å². The van der Waals surface area contributed by atoms with Gasteiger partial charge < -0.3 is 32.8 Å². The lowest BCUT2D eigenvalue weighted by Crippen LogP contribution is -2.43. The predicted octanol–water partition coefficient (Wildman–Crippen LogP) is 4.88. The number of amides is 2. The van der Waals surface area contributed by atoms with Gasteiger partial charge in [-0.05, 0) is 103 Å². The van der Waals surface area contributed by atoms with E-state index in [0.717, 1.165) is 20.6 Å². The molecule has 0 radical (unpaired) electrons. The molecule has 2 amide bonds. The topological polar surface area (TPSA) is 117 Å². The molecule has 0 aliphatic carbocycles. The number of rotatable bonds is 11. The maximum atomic E-state index is 12.6. The second-order valence-electron chi connectivity index (χ2n) is 10.0. The van der Waals surface area contributed by atoms with E-state index >= 15 is 0 Å². The first kappa shape index (κ1) is 31.1. The second kappa shape index (κ2) is 14.4. The minimum atomic E-state index is -0.502. The summed E-state index contributed by atoms with van der Waals surface area (Å²) in [6, 6.07) is 18.7. The van der Waals surface area contributed by atoms with E-state index in [0.29, 0.717) is 54.9 Å². The van der Waals surface area contributed by atoms with Gasteiger partial charge in [0.2, 0.25) is 0 Å². The molecule has 1 saturated heterocycles. The number of aryl methyl sites for hydroxylation is 2. The molecule has 44 heavy (non-hydrogen) atoms. The highest BCUT2D eigenvalue weighted by molar-refractivity contribution is 14.1. The van der Waals surface area contributed by atoms with Gasteiger partial charge in [0.05, 0.1) is 30.1 Å². The molecule has 5 rings (SSSR count). The van der Waals surface area contributed by atoms with E-state index in [1.54, 1.807) is 23.1 Å². The van der Waals surface area contributed by atoms with Crippen molar-refractivity contribution in [3.8, 4) is 22.9 Å². The van der Waals surface area contributed by atoms with Gasteiger partial charge in [0, 0.05) is 30.2 Å². The Balaban J connectivity index is 1.12. The van der Waals surface area contributed by atoms with Crippen LogP contribution in [0.15, 0.2) is 70.2 Å². The number of ether oxygens (including phenoxy) is 4. The SMILES string of the molecule is COc1cc(/C=N/NC(=O)c2ccc(COc3ccc(-n4c(C)ccc4C)cc3)o2)cc(I)c1OCC(=O)N1CCOCC1. The van der Waals surface area contributed by atoms with Crippen LogP contribution >= 0.6 is 22.6 Å². The summed E-state index contributed by atoms with van der Waals surface area (Å²) in [6.07, 6.45) is 1.48. The van der Waals surface area contributed by atoms with Gasteiger partial charge in [-0.3, -0.25) is 9.59 Å². The van der Waals surface area contributed by atoms with Crippen molar-refractivity contribution in [3.63, 3.8) is 0 Å². The molecular formula is C32H33IN4O7. The number of aromatic nitrogens is 1. The van der Waals surface area contributed by atoms with Crippen LogP contribution in [0.1, 0.15) is 33.3 Å². The lowest BCUT2D eigenvalue weighted by Gasteiger charge is -2.26. The van der Waals surface area contributed by atoms with Crippen LogP contribution < -0.4 is 19.6 Å². The van der Waals surface area contributed by atoms with E-state index < -0.39 is 5.91 Å². The van der Waals surface area contributed by atoms with E-state index in [1.165, 1.54) is 13.3 Å². The second-order valence-corrected chi connectivity index (χ2v) is 11.2. The average Bonchev–Trinajstić information content (AvgIpc) is 3.65. The third-order valence-corrected chi connectivity index (χ3v) is 7.77. The third kappa shape index (κ3) is 7.61. The first-order valence-corrected chi connectivity index (χ1v) is 15.1. The van der Waals surface area contributed by atoms with Gasteiger partial charge in [-0.25, -0.2) is 5.43 Å². The fourth-order valence-corrected chi connectivity index (χ4v) is 5.49. The van der Waals surface area contributed by atoms with Crippen molar-refractivity contribution in [2.45, 2.75) is 20.5 Å². The van der Waals surface area contributed by atoms with Crippen LogP contribution in [-0.2, 0) is 16.1 Å². The Morgan fingerprint density at radius 1 is 1.00 bits per heavy atom. The molecule has 12 heteroatoms. The molecule has 1 fully saturated rings. The summed E-state index contributed by atoms with van der Waals surface area (Å²) in [5.74, 6) is 1.59. The van der Waals surface area contributed by atoms with Gasteiger partial charge in [0.1, 0.15) is 18.1 Å². The van der Waals surface area contributed by atoms with Crippen LogP contribution in [0.25, 0.3) is 5.69 Å². The fraction of sp³-hybridized carbons (Fsp3) is 0.281. The van der Waals surface area contributed by atoms with Crippen molar-refractivity contribution in [2.75, 3.05) is 40.0 Å². The normalized spacial score (nSPS) is 13.2. The number of morpholine rings is 1. The Morgan fingerprint density at radius 3 is 2.43 bits per heavy atom. The highest BCUT2D eigenvalue weighted by Gasteiger charge is 2.19. The number of carbonyl (C=O) groups excluding carboxylic acids is 2. The molecular weight excluding hydrogens is 679 g/mol. The number of hydrogen-bond acceptors (Lipinski definition) is 8. The quantitative estimate of drug-likeness (QED) is 0.134. The number of hydrazone groups is 1. The van der Waals surface area contributed by atoms with Crippen molar-refractivity contribution < 1.29 is 33.0 Å². The molecule has 0 unspecified atom stereocenters. The smallest absolute Gasteiger partial charge is 0.307 e. The van der Waals surface area contributed by atoms with Gasteiger partial charge in [-0.1, -0.05) is 0 Å². The van der Waals surface area contributed by atoms with Crippen molar-refractivity contribution in [3.05, 3.63) is 92.7 Å². The van der Waals surface area contributed by atoms with E-state index in [1.807, 2.05) is 30.3 Å². The number of benzene rings is 2. The first-order chi connectivity index (χ1) is 21.3. The molecule has 3 heterocycles. The Bertz CT molecular complexity index is 1620. The van der Waals surface area contributed by atoms with Crippen molar-refractivity contribution in [1.29, 1.82) is 0 Å². The molecule has 1 N–H and O–H groups in total. The summed E-state index contributed by atoms with van der Waals surface area (Å²) in [6.45, 7) is 6.35. The maximum absolute atomic E-state index is 12.6. The monoisotopic (exact) mass is 712 g/mol. The lowest BCUT2D eigenvalue weighted by molar-refractivity contribution is -0.137. The minimum Gasteiger partial charge on any atom is -0.493 e. The molecule has 0 spiro atoms. The number of methoxy groups -OCH3 is 1. The van der Waals surface area contributed by atoms with Crippen molar-refractivity contribution >= 4 is 40.6 Å². The summed E-state index contributed by atoms with van der Waals surface area (Å²) >= 11 is 2.10. The Labute approximate surface area is 268 Å². The summed E-state index contributed by atoms with van der Waals surface area (Å²) in [5.41, 5.74) is 6.52. The zero-order valence-corrected chi connectivity index (χ0v) is 26.8. The summed E-state index contributed by atoms with van der Waals surface area (Å²) in [5, 5.41) is 4.05. The number of nitrogens with one attached hydrogen (secondary N) is 1. The summed E-state index contributed by atoms with van der Waals surface area (Å²) in [4.78, 5) is 26.8. The number of furan rings is 1. The van der Waals surface area contributed by atoms with Crippen LogP contribution in [0.2, 0.25) is 0 Å². The molecule has 1 aliphatic rings. The van der Waals surface area contributed by atoms with E-state index in [2.05, 4.69) is 63.7 Å². The fourth-order valence-electron chi connectivity index (χ4n) is 4.71. The Hall–Kier alpha value is -4.30. The van der Waals surface area contributed by atoms with E-state index in [9.17, 15) is 9.59 Å². The molecule has 11 nitrogen and oxygen atoms in total. The molecule has 0 saturated carbocycles. The molecule has 0 atom stereocenters. The van der Waals surface area contributed by atoms with Gasteiger partial charge in [-0.15, -0.1) is 0 Å². The molecule has 1 aliphatic heterocycles. The number of hydrogen-bond donors (Lipinski definition) is 1. The van der Waals surface area contributed by atoms with Crippen molar-refractivity contribution in [1.82, 2.24) is 14.9 Å². The molecule has 4 aromatic rings. The third-order valence-electron chi connectivity index (χ3n) is 6.97. The molecule has 2 aromatic heterocycles. The van der Waals surface area contributed by atoms with Crippen LogP contribution in [0, 0.1) is 17.4 Å². The molecule has 2 aromatic carbocycles. The Kier molecular flexibility index (Phi) is 10.2. The van der Waals surface area contributed by atoms with Crippen molar-refractivity contribution in [2.24, 2.45) is 5.10 Å². The highest BCUT2D eigenvalue weighted by atomic mass is 127. The molecule has 0 bridgehead atoms. The van der Waals surface area contributed by atoms with Gasteiger partial charge in [-0.2, -0.15) is 5.10 Å². The van der Waals surface area contributed by atoms with Gasteiger partial charge in [0.25, 0.3) is 5.91 Å². The summed E-state index contributed by atoms with van der Waals surface area (Å²) < 4.78 is 31.0. The van der Waals surface area contributed by atoms with Crippen LogP contribution in [0.4, 0.5) is 0 Å². The Morgan fingerprint density at radius 2 is 1.73 bits per heavy atom. The first-order valence-electron chi connectivity index (χ1n) is 14.0. The zero-order chi connectivity index (χ0) is 31.1. The molecule has 230 valence electrons. The standard InChI is InChI=1S/C32H33IN4O7/c1-21-4-5-22(2)37(21)24-6-8-25(9-7-24)42-19-26-10-11-28(44-26)32(39)35-34-18-23-16-27(33)31(29(17-23)40-3)43-20-30(38)36-12-14-41-15-13-36/h4-11,16-18H,12-15,19-20H2,1-3H3,(H,35,39)/b34-18+.